The molecular weight excluding hydrogens is 249 g/mol. The average Bonchev–Trinajstić information content (AvgIpc) is 2.40. The molecule has 104 valence electrons. The van der Waals surface area contributed by atoms with E-state index < -0.39 is 17.4 Å². The second-order valence-electron chi connectivity index (χ2n) is 4.95. The van der Waals surface area contributed by atoms with Crippen LogP contribution in [-0.2, 0) is 0 Å². The third-order valence-electron chi connectivity index (χ3n) is 3.33. The van der Waals surface area contributed by atoms with Gasteiger partial charge in [0.15, 0.2) is 0 Å². The SMILES string of the molecule is O=C(NCC1(O)CCCCC1)Nc1ccc(F)cn1. The molecule has 0 bridgehead atoms. The predicted octanol–water partition coefficient (Wildman–Crippen LogP) is 2.04. The number of aromatic nitrogens is 1. The van der Waals surface area contributed by atoms with E-state index in [1.54, 1.807) is 0 Å². The molecule has 1 aliphatic rings. The minimum absolute atomic E-state index is 0.222. The second kappa shape index (κ2) is 5.97. The number of pyridine rings is 1. The number of carbonyl (C=O) groups excluding carboxylic acids is 1. The fraction of sp³-hybridized carbons (Fsp3) is 0.538. The Balaban J connectivity index is 1.79. The maximum absolute atomic E-state index is 12.6. The predicted molar refractivity (Wildman–Crippen MR) is 69.3 cm³/mol. The van der Waals surface area contributed by atoms with Crippen molar-refractivity contribution >= 4 is 11.8 Å². The van der Waals surface area contributed by atoms with Crippen molar-refractivity contribution < 1.29 is 14.3 Å². The van der Waals surface area contributed by atoms with Crippen molar-refractivity contribution in [2.24, 2.45) is 0 Å². The molecule has 0 spiro atoms. The van der Waals surface area contributed by atoms with E-state index in [1.807, 2.05) is 0 Å². The summed E-state index contributed by atoms with van der Waals surface area (Å²) in [6, 6.07) is 2.15. The number of halogens is 1. The van der Waals surface area contributed by atoms with Crippen LogP contribution >= 0.6 is 0 Å². The minimum Gasteiger partial charge on any atom is -0.388 e. The molecule has 2 amide bonds. The van der Waals surface area contributed by atoms with Crippen LogP contribution in [0.15, 0.2) is 18.3 Å². The van der Waals surface area contributed by atoms with Gasteiger partial charge in [-0.3, -0.25) is 5.32 Å². The summed E-state index contributed by atoms with van der Waals surface area (Å²) < 4.78 is 12.6. The first-order valence-electron chi connectivity index (χ1n) is 6.46. The summed E-state index contributed by atoms with van der Waals surface area (Å²) in [5.41, 5.74) is -0.800. The van der Waals surface area contributed by atoms with E-state index in [-0.39, 0.29) is 12.4 Å². The van der Waals surface area contributed by atoms with E-state index in [1.165, 1.54) is 12.1 Å². The number of nitrogens with one attached hydrogen (secondary N) is 2. The van der Waals surface area contributed by atoms with Crippen LogP contribution in [0.3, 0.4) is 0 Å². The first-order chi connectivity index (χ1) is 9.07. The average molecular weight is 267 g/mol. The molecule has 0 unspecified atom stereocenters. The first kappa shape index (κ1) is 13.7. The largest absolute Gasteiger partial charge is 0.388 e. The summed E-state index contributed by atoms with van der Waals surface area (Å²) in [7, 11) is 0. The fourth-order valence-corrected chi connectivity index (χ4v) is 2.24. The molecule has 19 heavy (non-hydrogen) atoms. The highest BCUT2D eigenvalue weighted by Gasteiger charge is 2.29. The van der Waals surface area contributed by atoms with Gasteiger partial charge in [0.1, 0.15) is 11.6 Å². The van der Waals surface area contributed by atoms with Crippen molar-refractivity contribution in [1.82, 2.24) is 10.3 Å². The zero-order valence-corrected chi connectivity index (χ0v) is 10.7. The van der Waals surface area contributed by atoms with Gasteiger partial charge in [-0.25, -0.2) is 14.2 Å². The summed E-state index contributed by atoms with van der Waals surface area (Å²) in [5.74, 6) is -0.183. The Hall–Kier alpha value is -1.69. The van der Waals surface area contributed by atoms with Gasteiger partial charge in [0.2, 0.25) is 0 Å². The van der Waals surface area contributed by atoms with Crippen LogP contribution in [0.4, 0.5) is 15.0 Å². The number of urea groups is 1. The lowest BCUT2D eigenvalue weighted by Gasteiger charge is -2.32. The van der Waals surface area contributed by atoms with E-state index in [0.29, 0.717) is 12.8 Å². The van der Waals surface area contributed by atoms with Crippen molar-refractivity contribution in [2.75, 3.05) is 11.9 Å². The molecular formula is C13H18FN3O2. The molecule has 6 heteroatoms. The number of anilines is 1. The van der Waals surface area contributed by atoms with Gasteiger partial charge in [0, 0.05) is 6.54 Å². The van der Waals surface area contributed by atoms with E-state index in [4.69, 9.17) is 0 Å². The van der Waals surface area contributed by atoms with Gasteiger partial charge in [-0.05, 0) is 25.0 Å². The molecule has 0 aromatic carbocycles. The van der Waals surface area contributed by atoms with Crippen molar-refractivity contribution in [3.63, 3.8) is 0 Å². The lowest BCUT2D eigenvalue weighted by molar-refractivity contribution is 0.00755. The Labute approximate surface area is 111 Å². The van der Waals surface area contributed by atoms with Crippen LogP contribution in [-0.4, -0.2) is 28.3 Å². The minimum atomic E-state index is -0.800. The van der Waals surface area contributed by atoms with E-state index in [9.17, 15) is 14.3 Å². The Morgan fingerprint density at radius 3 is 2.74 bits per heavy atom. The number of hydrogen-bond acceptors (Lipinski definition) is 3. The van der Waals surface area contributed by atoms with Crippen molar-refractivity contribution in [3.8, 4) is 0 Å². The Bertz CT molecular complexity index is 430. The molecule has 1 heterocycles. The third-order valence-corrected chi connectivity index (χ3v) is 3.33. The number of hydrogen-bond donors (Lipinski definition) is 3. The number of nitrogens with zero attached hydrogens (tertiary/aromatic N) is 1. The molecule has 1 fully saturated rings. The summed E-state index contributed by atoms with van der Waals surface area (Å²) in [5, 5.41) is 15.3. The van der Waals surface area contributed by atoms with Crippen LogP contribution in [0.25, 0.3) is 0 Å². The lowest BCUT2D eigenvalue weighted by Crippen LogP contribution is -2.45. The van der Waals surface area contributed by atoms with E-state index >= 15 is 0 Å². The molecule has 0 saturated heterocycles. The monoisotopic (exact) mass is 267 g/mol. The van der Waals surface area contributed by atoms with Gasteiger partial charge in [-0.15, -0.1) is 0 Å². The molecule has 0 aliphatic heterocycles. The Morgan fingerprint density at radius 2 is 2.11 bits per heavy atom. The van der Waals surface area contributed by atoms with Gasteiger partial charge in [-0.1, -0.05) is 19.3 Å². The first-order valence-corrected chi connectivity index (χ1v) is 6.46. The fourth-order valence-electron chi connectivity index (χ4n) is 2.24. The Morgan fingerprint density at radius 1 is 1.37 bits per heavy atom. The van der Waals surface area contributed by atoms with Crippen LogP contribution in [0.1, 0.15) is 32.1 Å². The third kappa shape index (κ3) is 4.17. The van der Waals surface area contributed by atoms with Gasteiger partial charge in [0.05, 0.1) is 11.8 Å². The van der Waals surface area contributed by atoms with Gasteiger partial charge in [-0.2, -0.15) is 0 Å². The molecule has 3 N–H and O–H groups in total. The summed E-state index contributed by atoms with van der Waals surface area (Å²) in [6.45, 7) is 0.222. The van der Waals surface area contributed by atoms with Gasteiger partial charge >= 0.3 is 6.03 Å². The van der Waals surface area contributed by atoms with Crippen molar-refractivity contribution in [2.45, 2.75) is 37.7 Å². The number of aliphatic hydroxyl groups is 1. The van der Waals surface area contributed by atoms with Gasteiger partial charge < -0.3 is 10.4 Å². The lowest BCUT2D eigenvalue weighted by atomic mass is 9.85. The Kier molecular flexibility index (Phi) is 4.31. The number of rotatable bonds is 3. The second-order valence-corrected chi connectivity index (χ2v) is 4.95. The van der Waals surface area contributed by atoms with Crippen LogP contribution < -0.4 is 10.6 Å². The number of amides is 2. The quantitative estimate of drug-likeness (QED) is 0.784. The van der Waals surface area contributed by atoms with Crippen molar-refractivity contribution in [3.05, 3.63) is 24.1 Å². The standard InChI is InChI=1S/C13H18FN3O2/c14-10-4-5-11(15-8-10)17-12(18)16-9-13(19)6-2-1-3-7-13/h4-5,8,19H,1-3,6-7,9H2,(H2,15,16,17,18). The molecule has 1 aromatic heterocycles. The maximum atomic E-state index is 12.6. The molecule has 1 aliphatic carbocycles. The maximum Gasteiger partial charge on any atom is 0.320 e. The van der Waals surface area contributed by atoms with Gasteiger partial charge in [0.25, 0.3) is 0 Å². The number of carbonyl (C=O) groups is 1. The smallest absolute Gasteiger partial charge is 0.320 e. The highest BCUT2D eigenvalue weighted by Crippen LogP contribution is 2.27. The van der Waals surface area contributed by atoms with Crippen LogP contribution in [0, 0.1) is 5.82 Å². The molecule has 2 rings (SSSR count). The van der Waals surface area contributed by atoms with Crippen LogP contribution in [0.5, 0.6) is 0 Å². The molecule has 0 radical (unpaired) electrons. The van der Waals surface area contributed by atoms with Crippen LogP contribution in [0.2, 0.25) is 0 Å². The molecule has 1 aromatic rings. The highest BCUT2D eigenvalue weighted by molar-refractivity contribution is 5.88. The molecule has 5 nitrogen and oxygen atoms in total. The zero-order valence-electron chi connectivity index (χ0n) is 10.7. The van der Waals surface area contributed by atoms with Crippen molar-refractivity contribution in [1.29, 1.82) is 0 Å². The summed E-state index contributed by atoms with van der Waals surface area (Å²) in [6.07, 6.45) is 5.56. The molecule has 0 atom stereocenters. The van der Waals surface area contributed by atoms with E-state index in [0.717, 1.165) is 25.5 Å². The normalized spacial score (nSPS) is 17.8. The summed E-state index contributed by atoms with van der Waals surface area (Å²) >= 11 is 0. The summed E-state index contributed by atoms with van der Waals surface area (Å²) in [4.78, 5) is 15.3. The molecule has 1 saturated carbocycles. The topological polar surface area (TPSA) is 74.2 Å². The zero-order chi connectivity index (χ0) is 13.7. The van der Waals surface area contributed by atoms with E-state index in [2.05, 4.69) is 15.6 Å². The highest BCUT2D eigenvalue weighted by atomic mass is 19.1.